The molecule has 0 aliphatic rings. The molecule has 1 heterocycles. The third kappa shape index (κ3) is 2.59. The minimum atomic E-state index is -0.412. The molecule has 0 saturated carbocycles. The number of methoxy groups -OCH3 is 1. The molecule has 2 N–H and O–H groups in total. The molecule has 0 bridgehead atoms. The SMILES string of the molecule is COC(=O)NCCc1c(C)[nH]c2ccc(Cl)cc12. The fraction of sp³-hybridized carbons (Fsp3) is 0.308. The number of aryl methyl sites for hydroxylation is 1. The Hall–Kier alpha value is -1.68. The maximum Gasteiger partial charge on any atom is 0.406 e. The Kier molecular flexibility index (Phi) is 3.77. The van der Waals surface area contributed by atoms with Gasteiger partial charge >= 0.3 is 6.09 Å². The van der Waals surface area contributed by atoms with Crippen LogP contribution in [0.15, 0.2) is 18.2 Å². The average Bonchev–Trinajstić information content (AvgIpc) is 2.65. The maximum absolute atomic E-state index is 11.0. The Labute approximate surface area is 110 Å². The minimum Gasteiger partial charge on any atom is -0.453 e. The van der Waals surface area contributed by atoms with Crippen molar-refractivity contribution >= 4 is 28.6 Å². The lowest BCUT2D eigenvalue weighted by Gasteiger charge is -2.04. The predicted octanol–water partition coefficient (Wildman–Crippen LogP) is 3.03. The first-order valence-corrected chi connectivity index (χ1v) is 6.08. The van der Waals surface area contributed by atoms with Gasteiger partial charge in [0.1, 0.15) is 0 Å². The molecule has 0 radical (unpaired) electrons. The van der Waals surface area contributed by atoms with Gasteiger partial charge in [0.15, 0.2) is 0 Å². The van der Waals surface area contributed by atoms with Crippen LogP contribution in [0.2, 0.25) is 5.02 Å². The number of carbonyl (C=O) groups excluding carboxylic acids is 1. The summed E-state index contributed by atoms with van der Waals surface area (Å²) >= 11 is 6.00. The molecule has 2 aromatic rings. The van der Waals surface area contributed by atoms with E-state index in [1.54, 1.807) is 0 Å². The zero-order valence-corrected chi connectivity index (χ0v) is 11.1. The van der Waals surface area contributed by atoms with Crippen LogP contribution in [0.4, 0.5) is 4.79 Å². The number of aromatic nitrogens is 1. The van der Waals surface area contributed by atoms with Crippen LogP contribution >= 0.6 is 11.6 Å². The summed E-state index contributed by atoms with van der Waals surface area (Å²) in [5.74, 6) is 0. The zero-order valence-electron chi connectivity index (χ0n) is 10.3. The standard InChI is InChI=1S/C13H15ClN2O2/c1-8-10(5-6-15-13(17)18-2)11-7-9(14)3-4-12(11)16-8/h3-4,7,16H,5-6H2,1-2H3,(H,15,17). The molecule has 5 heteroatoms. The van der Waals surface area contributed by atoms with Crippen molar-refractivity contribution in [2.75, 3.05) is 13.7 Å². The van der Waals surface area contributed by atoms with E-state index in [1.807, 2.05) is 25.1 Å². The van der Waals surface area contributed by atoms with Crippen molar-refractivity contribution in [3.8, 4) is 0 Å². The van der Waals surface area contributed by atoms with Crippen LogP contribution in [-0.2, 0) is 11.2 Å². The summed E-state index contributed by atoms with van der Waals surface area (Å²) in [5.41, 5.74) is 3.33. The molecule has 96 valence electrons. The second kappa shape index (κ2) is 5.31. The summed E-state index contributed by atoms with van der Waals surface area (Å²) in [6, 6.07) is 5.76. The number of hydrogen-bond donors (Lipinski definition) is 2. The van der Waals surface area contributed by atoms with Gasteiger partial charge in [-0.2, -0.15) is 0 Å². The minimum absolute atomic E-state index is 0.412. The normalized spacial score (nSPS) is 10.6. The highest BCUT2D eigenvalue weighted by Crippen LogP contribution is 2.25. The Morgan fingerprint density at radius 3 is 3.00 bits per heavy atom. The Bertz CT molecular complexity index is 578. The monoisotopic (exact) mass is 266 g/mol. The quantitative estimate of drug-likeness (QED) is 0.897. The van der Waals surface area contributed by atoms with E-state index in [-0.39, 0.29) is 0 Å². The molecule has 0 fully saturated rings. The van der Waals surface area contributed by atoms with E-state index in [4.69, 9.17) is 11.6 Å². The molecular formula is C13H15ClN2O2. The predicted molar refractivity (Wildman–Crippen MR) is 72.2 cm³/mol. The second-order valence-corrected chi connectivity index (χ2v) is 4.52. The van der Waals surface area contributed by atoms with E-state index in [1.165, 1.54) is 12.7 Å². The lowest BCUT2D eigenvalue weighted by atomic mass is 10.1. The largest absolute Gasteiger partial charge is 0.453 e. The van der Waals surface area contributed by atoms with Crippen molar-refractivity contribution in [3.05, 3.63) is 34.5 Å². The molecular weight excluding hydrogens is 252 g/mol. The van der Waals surface area contributed by atoms with Crippen molar-refractivity contribution in [1.29, 1.82) is 0 Å². The van der Waals surface area contributed by atoms with Crippen LogP contribution in [0.25, 0.3) is 10.9 Å². The fourth-order valence-corrected chi connectivity index (χ4v) is 2.21. The Morgan fingerprint density at radius 2 is 2.28 bits per heavy atom. The van der Waals surface area contributed by atoms with Gasteiger partial charge in [0.05, 0.1) is 7.11 Å². The summed E-state index contributed by atoms with van der Waals surface area (Å²) in [7, 11) is 1.35. The van der Waals surface area contributed by atoms with E-state index in [9.17, 15) is 4.79 Å². The highest BCUT2D eigenvalue weighted by atomic mass is 35.5. The molecule has 18 heavy (non-hydrogen) atoms. The Morgan fingerprint density at radius 1 is 1.50 bits per heavy atom. The molecule has 0 atom stereocenters. The van der Waals surface area contributed by atoms with Crippen LogP contribution in [-0.4, -0.2) is 24.7 Å². The zero-order chi connectivity index (χ0) is 13.1. The number of H-pyrrole nitrogens is 1. The lowest BCUT2D eigenvalue weighted by molar-refractivity contribution is 0.171. The highest BCUT2D eigenvalue weighted by molar-refractivity contribution is 6.31. The molecule has 0 unspecified atom stereocenters. The molecule has 2 rings (SSSR count). The number of ether oxygens (including phenoxy) is 1. The number of aromatic amines is 1. The second-order valence-electron chi connectivity index (χ2n) is 4.09. The van der Waals surface area contributed by atoms with Crippen LogP contribution in [0.3, 0.4) is 0 Å². The van der Waals surface area contributed by atoms with Crippen molar-refractivity contribution in [2.45, 2.75) is 13.3 Å². The highest BCUT2D eigenvalue weighted by Gasteiger charge is 2.09. The summed E-state index contributed by atoms with van der Waals surface area (Å²) in [4.78, 5) is 14.3. The van der Waals surface area contributed by atoms with Crippen LogP contribution < -0.4 is 5.32 Å². The van der Waals surface area contributed by atoms with Gasteiger partial charge in [-0.3, -0.25) is 0 Å². The van der Waals surface area contributed by atoms with E-state index in [2.05, 4.69) is 15.0 Å². The number of amides is 1. The molecule has 0 aliphatic heterocycles. The number of rotatable bonds is 3. The summed E-state index contributed by atoms with van der Waals surface area (Å²) in [5, 5.41) is 4.48. The number of benzene rings is 1. The number of nitrogens with one attached hydrogen (secondary N) is 2. The van der Waals surface area contributed by atoms with Gasteiger partial charge in [0.25, 0.3) is 0 Å². The van der Waals surface area contributed by atoms with Crippen molar-refractivity contribution in [1.82, 2.24) is 10.3 Å². The van der Waals surface area contributed by atoms with Crippen molar-refractivity contribution in [2.24, 2.45) is 0 Å². The van der Waals surface area contributed by atoms with E-state index >= 15 is 0 Å². The topological polar surface area (TPSA) is 54.1 Å². The van der Waals surface area contributed by atoms with Gasteiger partial charge in [-0.05, 0) is 37.1 Å². The van der Waals surface area contributed by atoms with Crippen molar-refractivity contribution < 1.29 is 9.53 Å². The van der Waals surface area contributed by atoms with Crippen LogP contribution in [0, 0.1) is 6.92 Å². The molecule has 1 aromatic heterocycles. The first-order valence-electron chi connectivity index (χ1n) is 5.70. The molecule has 1 aromatic carbocycles. The van der Waals surface area contributed by atoms with E-state index < -0.39 is 6.09 Å². The fourth-order valence-electron chi connectivity index (χ4n) is 2.04. The first kappa shape index (κ1) is 12.8. The Balaban J connectivity index is 2.19. The van der Waals surface area contributed by atoms with Gasteiger partial charge in [0.2, 0.25) is 0 Å². The van der Waals surface area contributed by atoms with Crippen LogP contribution in [0.1, 0.15) is 11.3 Å². The first-order chi connectivity index (χ1) is 8.61. The molecule has 0 aliphatic carbocycles. The van der Waals surface area contributed by atoms with Gasteiger partial charge in [-0.15, -0.1) is 0 Å². The number of fused-ring (bicyclic) bond motifs is 1. The lowest BCUT2D eigenvalue weighted by Crippen LogP contribution is -2.25. The molecule has 0 spiro atoms. The molecule has 1 amide bonds. The number of hydrogen-bond acceptors (Lipinski definition) is 2. The maximum atomic E-state index is 11.0. The third-order valence-corrected chi connectivity index (χ3v) is 3.15. The molecule has 4 nitrogen and oxygen atoms in total. The summed E-state index contributed by atoms with van der Waals surface area (Å²) < 4.78 is 4.53. The number of alkyl carbamates (subject to hydrolysis) is 1. The third-order valence-electron chi connectivity index (χ3n) is 2.91. The van der Waals surface area contributed by atoms with E-state index in [0.717, 1.165) is 23.0 Å². The average molecular weight is 267 g/mol. The molecule has 0 saturated heterocycles. The summed E-state index contributed by atoms with van der Waals surface area (Å²) in [6.07, 6.45) is 0.326. The van der Waals surface area contributed by atoms with Gasteiger partial charge < -0.3 is 15.0 Å². The van der Waals surface area contributed by atoms with Gasteiger partial charge in [0, 0.05) is 28.2 Å². The van der Waals surface area contributed by atoms with Crippen LogP contribution in [0.5, 0.6) is 0 Å². The van der Waals surface area contributed by atoms with Gasteiger partial charge in [-0.1, -0.05) is 11.6 Å². The summed E-state index contributed by atoms with van der Waals surface area (Å²) in [6.45, 7) is 2.55. The van der Waals surface area contributed by atoms with Gasteiger partial charge in [-0.25, -0.2) is 4.79 Å². The van der Waals surface area contributed by atoms with E-state index in [0.29, 0.717) is 11.6 Å². The van der Waals surface area contributed by atoms with Crippen molar-refractivity contribution in [3.63, 3.8) is 0 Å². The smallest absolute Gasteiger partial charge is 0.406 e. The number of carbonyl (C=O) groups is 1. The number of halogens is 1.